The van der Waals surface area contributed by atoms with Crippen molar-refractivity contribution in [3.05, 3.63) is 48.2 Å². The highest BCUT2D eigenvalue weighted by Crippen LogP contribution is 2.29. The number of ketones is 1. The SMILES string of the molecule is CC1N(Cc2ccccc2)C=CC(=O)C1(F)F. The Morgan fingerprint density at radius 1 is 1.29 bits per heavy atom. The van der Waals surface area contributed by atoms with Gasteiger partial charge in [-0.05, 0) is 12.5 Å². The fourth-order valence-electron chi connectivity index (χ4n) is 1.80. The van der Waals surface area contributed by atoms with E-state index in [-0.39, 0.29) is 0 Å². The standard InChI is InChI=1S/C13H13F2NO/c1-10-13(14,15)12(17)7-8-16(10)9-11-5-3-2-4-6-11/h2-8,10H,9H2,1H3. The molecule has 0 spiro atoms. The van der Waals surface area contributed by atoms with E-state index in [9.17, 15) is 13.6 Å². The molecular weight excluding hydrogens is 224 g/mol. The molecule has 0 amide bonds. The Bertz CT molecular complexity index is 442. The molecule has 1 unspecified atom stereocenters. The van der Waals surface area contributed by atoms with Gasteiger partial charge in [0.05, 0.1) is 6.04 Å². The Balaban J connectivity index is 2.18. The van der Waals surface area contributed by atoms with E-state index in [0.717, 1.165) is 11.6 Å². The van der Waals surface area contributed by atoms with Gasteiger partial charge in [-0.15, -0.1) is 0 Å². The summed E-state index contributed by atoms with van der Waals surface area (Å²) in [4.78, 5) is 12.5. The summed E-state index contributed by atoms with van der Waals surface area (Å²) in [5, 5.41) is 0. The van der Waals surface area contributed by atoms with Gasteiger partial charge in [0.15, 0.2) is 0 Å². The summed E-state index contributed by atoms with van der Waals surface area (Å²) in [5.74, 6) is -4.42. The van der Waals surface area contributed by atoms with Crippen LogP contribution in [-0.2, 0) is 11.3 Å². The smallest absolute Gasteiger partial charge is 0.328 e. The van der Waals surface area contributed by atoms with E-state index >= 15 is 0 Å². The van der Waals surface area contributed by atoms with Crippen LogP contribution >= 0.6 is 0 Å². The first-order valence-electron chi connectivity index (χ1n) is 5.42. The van der Waals surface area contributed by atoms with Gasteiger partial charge in [0, 0.05) is 18.8 Å². The summed E-state index contributed by atoms with van der Waals surface area (Å²) in [6.45, 7) is 1.74. The third kappa shape index (κ3) is 2.20. The number of hydrogen-bond acceptors (Lipinski definition) is 2. The van der Waals surface area contributed by atoms with Crippen molar-refractivity contribution in [3.63, 3.8) is 0 Å². The van der Waals surface area contributed by atoms with Gasteiger partial charge in [0.1, 0.15) is 0 Å². The van der Waals surface area contributed by atoms with Crippen molar-refractivity contribution in [2.75, 3.05) is 0 Å². The Kier molecular flexibility index (Phi) is 2.96. The van der Waals surface area contributed by atoms with Crippen molar-refractivity contribution in [3.8, 4) is 0 Å². The quantitative estimate of drug-likeness (QED) is 0.788. The van der Waals surface area contributed by atoms with Crippen LogP contribution in [0.1, 0.15) is 12.5 Å². The lowest BCUT2D eigenvalue weighted by molar-refractivity contribution is -0.148. The van der Waals surface area contributed by atoms with E-state index in [1.807, 2.05) is 30.3 Å². The van der Waals surface area contributed by atoms with Crippen LogP contribution in [0.25, 0.3) is 0 Å². The molecule has 2 rings (SSSR count). The zero-order chi connectivity index (χ0) is 12.5. The lowest BCUT2D eigenvalue weighted by Crippen LogP contribution is -2.50. The highest BCUT2D eigenvalue weighted by Gasteiger charge is 2.47. The highest BCUT2D eigenvalue weighted by atomic mass is 19.3. The fraction of sp³-hybridized carbons (Fsp3) is 0.308. The topological polar surface area (TPSA) is 20.3 Å². The number of nitrogens with zero attached hydrogens (tertiary/aromatic N) is 1. The normalized spacial score (nSPS) is 22.9. The molecule has 1 aromatic carbocycles. The summed E-state index contributed by atoms with van der Waals surface area (Å²) in [7, 11) is 0. The van der Waals surface area contributed by atoms with Crippen molar-refractivity contribution >= 4 is 5.78 Å². The maximum absolute atomic E-state index is 13.5. The molecule has 17 heavy (non-hydrogen) atoms. The van der Waals surface area contributed by atoms with Crippen LogP contribution in [-0.4, -0.2) is 22.6 Å². The molecule has 0 saturated heterocycles. The number of hydrogen-bond donors (Lipinski definition) is 0. The summed E-state index contributed by atoms with van der Waals surface area (Å²) in [5.41, 5.74) is 0.939. The highest BCUT2D eigenvalue weighted by molar-refractivity contribution is 5.97. The molecule has 1 atom stereocenters. The van der Waals surface area contributed by atoms with E-state index in [2.05, 4.69) is 0 Å². The van der Waals surface area contributed by atoms with Gasteiger partial charge in [-0.1, -0.05) is 30.3 Å². The van der Waals surface area contributed by atoms with Gasteiger partial charge in [-0.25, -0.2) is 0 Å². The Morgan fingerprint density at radius 2 is 1.94 bits per heavy atom. The molecule has 90 valence electrons. The van der Waals surface area contributed by atoms with E-state index in [4.69, 9.17) is 0 Å². The zero-order valence-corrected chi connectivity index (χ0v) is 9.44. The van der Waals surface area contributed by atoms with Crippen LogP contribution in [0.2, 0.25) is 0 Å². The molecule has 0 bridgehead atoms. The molecule has 0 N–H and O–H groups in total. The maximum atomic E-state index is 13.5. The van der Waals surface area contributed by atoms with Crippen molar-refractivity contribution in [1.82, 2.24) is 4.90 Å². The first-order valence-corrected chi connectivity index (χ1v) is 5.42. The number of carbonyl (C=O) groups excluding carboxylic acids is 1. The van der Waals surface area contributed by atoms with Crippen molar-refractivity contribution in [2.24, 2.45) is 0 Å². The summed E-state index contributed by atoms with van der Waals surface area (Å²) in [6.07, 6.45) is 2.39. The molecule has 0 saturated carbocycles. The van der Waals surface area contributed by atoms with Crippen molar-refractivity contribution in [1.29, 1.82) is 0 Å². The van der Waals surface area contributed by atoms with Crippen LogP contribution in [0.3, 0.4) is 0 Å². The van der Waals surface area contributed by atoms with E-state index < -0.39 is 17.7 Å². The molecule has 0 radical (unpaired) electrons. The third-order valence-corrected chi connectivity index (χ3v) is 2.98. The van der Waals surface area contributed by atoms with Gasteiger partial charge in [0.2, 0.25) is 5.78 Å². The van der Waals surface area contributed by atoms with E-state index in [1.54, 1.807) is 0 Å². The van der Waals surface area contributed by atoms with E-state index in [0.29, 0.717) is 6.54 Å². The summed E-state index contributed by atoms with van der Waals surface area (Å²) in [6, 6.07) is 8.22. The van der Waals surface area contributed by atoms with Crippen molar-refractivity contribution < 1.29 is 13.6 Å². The van der Waals surface area contributed by atoms with E-state index in [1.165, 1.54) is 18.0 Å². The summed E-state index contributed by atoms with van der Waals surface area (Å²) < 4.78 is 27.0. The fourth-order valence-corrected chi connectivity index (χ4v) is 1.80. The largest absolute Gasteiger partial charge is 0.364 e. The van der Waals surface area contributed by atoms with Crippen LogP contribution in [0.5, 0.6) is 0 Å². The molecular formula is C13H13F2NO. The molecule has 1 aliphatic rings. The average Bonchev–Trinajstić information content (AvgIpc) is 2.32. The Morgan fingerprint density at radius 3 is 2.59 bits per heavy atom. The lowest BCUT2D eigenvalue weighted by Gasteiger charge is -2.35. The van der Waals surface area contributed by atoms with Crippen LogP contribution in [0.4, 0.5) is 8.78 Å². The molecule has 0 aromatic heterocycles. The van der Waals surface area contributed by atoms with Crippen LogP contribution in [0, 0.1) is 0 Å². The number of halogens is 2. The van der Waals surface area contributed by atoms with Gasteiger partial charge >= 0.3 is 5.92 Å². The molecule has 0 fully saturated rings. The predicted octanol–water partition coefficient (Wildman–Crippen LogP) is 2.61. The number of allylic oxidation sites excluding steroid dienone is 1. The summed E-state index contributed by atoms with van der Waals surface area (Å²) >= 11 is 0. The second-order valence-corrected chi connectivity index (χ2v) is 4.14. The Labute approximate surface area is 98.5 Å². The van der Waals surface area contributed by atoms with Gasteiger partial charge < -0.3 is 4.90 Å². The van der Waals surface area contributed by atoms with Gasteiger partial charge in [0.25, 0.3) is 0 Å². The number of alkyl halides is 2. The number of carbonyl (C=O) groups is 1. The average molecular weight is 237 g/mol. The minimum Gasteiger partial charge on any atom is -0.364 e. The number of rotatable bonds is 2. The maximum Gasteiger partial charge on any atom is 0.328 e. The van der Waals surface area contributed by atoms with Crippen LogP contribution < -0.4 is 0 Å². The molecule has 1 heterocycles. The molecule has 0 aliphatic carbocycles. The Hall–Kier alpha value is -1.71. The second kappa shape index (κ2) is 4.28. The zero-order valence-electron chi connectivity index (χ0n) is 9.44. The second-order valence-electron chi connectivity index (χ2n) is 4.14. The van der Waals surface area contributed by atoms with Gasteiger partial charge in [-0.3, -0.25) is 4.79 Å². The first kappa shape index (κ1) is 11.8. The monoisotopic (exact) mass is 237 g/mol. The number of benzene rings is 1. The third-order valence-electron chi connectivity index (χ3n) is 2.98. The minimum absolute atomic E-state index is 0.376. The first-order chi connectivity index (χ1) is 8.01. The minimum atomic E-state index is -3.30. The molecule has 4 heteroatoms. The van der Waals surface area contributed by atoms with Gasteiger partial charge in [-0.2, -0.15) is 8.78 Å². The molecule has 1 aliphatic heterocycles. The molecule has 2 nitrogen and oxygen atoms in total. The molecule has 1 aromatic rings. The van der Waals surface area contributed by atoms with Crippen molar-refractivity contribution in [2.45, 2.75) is 25.4 Å². The van der Waals surface area contributed by atoms with Crippen LogP contribution in [0.15, 0.2) is 42.6 Å². The lowest BCUT2D eigenvalue weighted by atomic mass is 10.0. The predicted molar refractivity (Wildman–Crippen MR) is 60.5 cm³/mol.